The number of thiophene rings is 1. The Bertz CT molecular complexity index is 716. The van der Waals surface area contributed by atoms with Crippen molar-refractivity contribution in [2.24, 2.45) is 0 Å². The van der Waals surface area contributed by atoms with E-state index in [1.54, 1.807) is 11.4 Å². The van der Waals surface area contributed by atoms with Gasteiger partial charge in [-0.25, -0.2) is 8.78 Å². The predicted molar refractivity (Wildman–Crippen MR) is 75.8 cm³/mol. The van der Waals surface area contributed by atoms with Gasteiger partial charge in [-0.2, -0.15) is 0 Å². The van der Waals surface area contributed by atoms with Crippen molar-refractivity contribution in [3.63, 3.8) is 0 Å². The summed E-state index contributed by atoms with van der Waals surface area (Å²) in [6.45, 7) is -0.353. The number of carbonyl (C=O) groups excluding carboxylic acids is 1. The van der Waals surface area contributed by atoms with Crippen LogP contribution in [-0.2, 0) is 6.54 Å². The van der Waals surface area contributed by atoms with Gasteiger partial charge in [0.1, 0.15) is 18.2 Å². The first-order valence-electron chi connectivity index (χ1n) is 6.00. The van der Waals surface area contributed by atoms with Gasteiger partial charge < -0.3 is 10.4 Å². The van der Waals surface area contributed by atoms with Crippen LogP contribution < -0.4 is 5.32 Å². The Hall–Kier alpha value is -2.23. The lowest BCUT2D eigenvalue weighted by Crippen LogP contribution is -2.22. The van der Waals surface area contributed by atoms with Gasteiger partial charge in [-0.05, 0) is 24.3 Å². The molecule has 1 heterocycles. The van der Waals surface area contributed by atoms with Crippen molar-refractivity contribution < 1.29 is 18.7 Å². The summed E-state index contributed by atoms with van der Waals surface area (Å²) in [6.07, 6.45) is 0. The summed E-state index contributed by atoms with van der Waals surface area (Å²) >= 11 is 1.27. The molecule has 0 spiro atoms. The molecule has 0 bridgehead atoms. The molecule has 0 aliphatic heterocycles. The molecule has 0 saturated carbocycles. The second-order valence-electron chi connectivity index (χ2n) is 4.08. The molecule has 2 aromatic rings. The molecule has 3 nitrogen and oxygen atoms in total. The molecule has 1 amide bonds. The van der Waals surface area contributed by atoms with Gasteiger partial charge >= 0.3 is 0 Å². The molecular formula is C15H11F2NO2S. The van der Waals surface area contributed by atoms with Crippen molar-refractivity contribution in [2.75, 3.05) is 6.61 Å². The van der Waals surface area contributed by atoms with Crippen LogP contribution in [0.25, 0.3) is 0 Å². The average molecular weight is 307 g/mol. The maximum Gasteiger partial charge on any atom is 0.252 e. The van der Waals surface area contributed by atoms with E-state index in [1.165, 1.54) is 11.3 Å². The fraction of sp³-hybridized carbons (Fsp3) is 0.133. The number of aliphatic hydroxyl groups excluding tert-OH is 1. The van der Waals surface area contributed by atoms with Gasteiger partial charge in [-0.3, -0.25) is 4.79 Å². The van der Waals surface area contributed by atoms with Gasteiger partial charge in [0, 0.05) is 17.5 Å². The lowest BCUT2D eigenvalue weighted by atomic mass is 10.2. The van der Waals surface area contributed by atoms with E-state index in [-0.39, 0.29) is 18.7 Å². The molecule has 21 heavy (non-hydrogen) atoms. The van der Waals surface area contributed by atoms with E-state index in [0.717, 1.165) is 18.2 Å². The predicted octanol–water partition coefficient (Wildman–Crippen LogP) is 2.30. The summed E-state index contributed by atoms with van der Waals surface area (Å²) < 4.78 is 26.4. The number of hydrogen-bond donors (Lipinski definition) is 2. The summed E-state index contributed by atoms with van der Waals surface area (Å²) in [4.78, 5) is 12.5. The van der Waals surface area contributed by atoms with E-state index in [9.17, 15) is 13.6 Å². The first-order valence-corrected chi connectivity index (χ1v) is 6.88. The molecule has 0 unspecified atom stereocenters. The van der Waals surface area contributed by atoms with E-state index in [2.05, 4.69) is 17.2 Å². The minimum atomic E-state index is -0.573. The number of rotatable bonds is 3. The lowest BCUT2D eigenvalue weighted by molar-refractivity contribution is 0.0951. The van der Waals surface area contributed by atoms with Crippen molar-refractivity contribution in [1.82, 2.24) is 5.32 Å². The molecular weight excluding hydrogens is 296 g/mol. The van der Waals surface area contributed by atoms with E-state index in [0.29, 0.717) is 10.4 Å². The maximum absolute atomic E-state index is 13.4. The van der Waals surface area contributed by atoms with Crippen LogP contribution in [0.3, 0.4) is 0 Å². The number of nitrogens with one attached hydrogen (secondary N) is 1. The monoisotopic (exact) mass is 307 g/mol. The zero-order chi connectivity index (χ0) is 15.2. The normalized spacial score (nSPS) is 9.86. The summed E-state index contributed by atoms with van der Waals surface area (Å²) in [5.41, 5.74) is 0.470. The molecule has 108 valence electrons. The topological polar surface area (TPSA) is 49.3 Å². The molecule has 0 atom stereocenters. The van der Waals surface area contributed by atoms with Crippen LogP contribution in [-0.4, -0.2) is 17.6 Å². The first kappa shape index (κ1) is 15.2. The van der Waals surface area contributed by atoms with Crippen molar-refractivity contribution in [1.29, 1.82) is 0 Å². The zero-order valence-corrected chi connectivity index (χ0v) is 11.6. The standard InChI is InChI=1S/C15H11F2NO2S/c16-12-3-4-14(17)10(6-12)8-18-15(20)11-7-13(21-9-11)2-1-5-19/h3-4,6-7,9,19H,5,8H2,(H,18,20). The molecule has 0 aliphatic rings. The van der Waals surface area contributed by atoms with Crippen LogP contribution in [0.1, 0.15) is 20.8 Å². The van der Waals surface area contributed by atoms with Crippen LogP contribution in [0.4, 0.5) is 8.78 Å². The van der Waals surface area contributed by atoms with Crippen LogP contribution in [0, 0.1) is 23.5 Å². The minimum Gasteiger partial charge on any atom is -0.384 e. The van der Waals surface area contributed by atoms with Crippen molar-refractivity contribution in [3.05, 3.63) is 57.3 Å². The Labute approximate surface area is 124 Å². The summed E-state index contributed by atoms with van der Waals surface area (Å²) in [5, 5.41) is 12.7. The summed E-state index contributed by atoms with van der Waals surface area (Å²) in [5.74, 6) is 3.64. The highest BCUT2D eigenvalue weighted by atomic mass is 32.1. The Kier molecular flexibility index (Phi) is 5.04. The smallest absolute Gasteiger partial charge is 0.252 e. The highest BCUT2D eigenvalue weighted by Crippen LogP contribution is 2.14. The minimum absolute atomic E-state index is 0.0823. The molecule has 1 aromatic carbocycles. The van der Waals surface area contributed by atoms with Crippen LogP contribution in [0.5, 0.6) is 0 Å². The van der Waals surface area contributed by atoms with Gasteiger partial charge in [-0.1, -0.05) is 11.8 Å². The van der Waals surface area contributed by atoms with Gasteiger partial charge in [0.05, 0.1) is 10.4 Å². The molecule has 2 rings (SSSR count). The van der Waals surface area contributed by atoms with Crippen LogP contribution in [0.15, 0.2) is 29.6 Å². The van der Waals surface area contributed by atoms with E-state index >= 15 is 0 Å². The molecule has 6 heteroatoms. The lowest BCUT2D eigenvalue weighted by Gasteiger charge is -2.05. The average Bonchev–Trinajstić information content (AvgIpc) is 2.94. The Morgan fingerprint density at radius 2 is 2.14 bits per heavy atom. The molecule has 0 aliphatic carbocycles. The third kappa shape index (κ3) is 4.12. The van der Waals surface area contributed by atoms with Crippen molar-refractivity contribution in [3.8, 4) is 11.8 Å². The number of amides is 1. The number of carbonyl (C=O) groups is 1. The van der Waals surface area contributed by atoms with Gasteiger partial charge in [0.2, 0.25) is 0 Å². The molecule has 0 fully saturated rings. The fourth-order valence-electron chi connectivity index (χ4n) is 1.60. The fourth-order valence-corrected chi connectivity index (χ4v) is 2.36. The van der Waals surface area contributed by atoms with Crippen molar-refractivity contribution >= 4 is 17.2 Å². The van der Waals surface area contributed by atoms with E-state index in [4.69, 9.17) is 5.11 Å². The second-order valence-corrected chi connectivity index (χ2v) is 4.99. The van der Waals surface area contributed by atoms with Crippen molar-refractivity contribution in [2.45, 2.75) is 6.54 Å². The largest absolute Gasteiger partial charge is 0.384 e. The molecule has 0 saturated heterocycles. The zero-order valence-electron chi connectivity index (χ0n) is 10.8. The Morgan fingerprint density at radius 3 is 2.90 bits per heavy atom. The maximum atomic E-state index is 13.4. The number of benzene rings is 1. The molecule has 2 N–H and O–H groups in total. The van der Waals surface area contributed by atoms with Gasteiger partial charge in [0.25, 0.3) is 5.91 Å². The van der Waals surface area contributed by atoms with Gasteiger partial charge in [0.15, 0.2) is 0 Å². The van der Waals surface area contributed by atoms with Gasteiger partial charge in [-0.15, -0.1) is 11.3 Å². The Morgan fingerprint density at radius 1 is 1.33 bits per heavy atom. The second kappa shape index (κ2) is 6.97. The number of aliphatic hydroxyl groups is 1. The van der Waals surface area contributed by atoms with E-state index in [1.807, 2.05) is 0 Å². The summed E-state index contributed by atoms with van der Waals surface area (Å²) in [7, 11) is 0. The Balaban J connectivity index is 2.01. The molecule has 1 aromatic heterocycles. The SMILES string of the molecule is O=C(NCc1cc(F)ccc1F)c1csc(C#CCO)c1. The van der Waals surface area contributed by atoms with E-state index < -0.39 is 17.5 Å². The highest BCUT2D eigenvalue weighted by molar-refractivity contribution is 7.10. The highest BCUT2D eigenvalue weighted by Gasteiger charge is 2.10. The van der Waals surface area contributed by atoms with Crippen LogP contribution >= 0.6 is 11.3 Å². The number of hydrogen-bond acceptors (Lipinski definition) is 3. The first-order chi connectivity index (χ1) is 10.1. The third-order valence-corrected chi connectivity index (χ3v) is 3.45. The quantitative estimate of drug-likeness (QED) is 0.855. The number of halogens is 2. The summed E-state index contributed by atoms with van der Waals surface area (Å²) in [6, 6.07) is 4.65. The molecule has 0 radical (unpaired) electrons. The van der Waals surface area contributed by atoms with Crippen LogP contribution in [0.2, 0.25) is 0 Å². The third-order valence-electron chi connectivity index (χ3n) is 2.60.